The average molecular weight is 513 g/mol. The molecule has 9 nitrogen and oxygen atoms in total. The number of nitrogens with one attached hydrogen (secondary N) is 1. The van der Waals surface area contributed by atoms with E-state index in [2.05, 4.69) is 15.3 Å². The molecule has 1 spiro atoms. The van der Waals surface area contributed by atoms with Gasteiger partial charge in [0, 0.05) is 49.7 Å². The smallest absolute Gasteiger partial charge is 0.257 e. The Balaban J connectivity index is 1.27. The fourth-order valence-electron chi connectivity index (χ4n) is 7.35. The minimum Gasteiger partial charge on any atom is -0.356 e. The van der Waals surface area contributed by atoms with E-state index in [1.807, 2.05) is 54.4 Å². The first kappa shape index (κ1) is 23.4. The number of fused-ring (bicyclic) bond motifs is 5. The van der Waals surface area contributed by atoms with E-state index in [1.165, 1.54) is 0 Å². The number of para-hydroxylation sites is 1. The molecule has 0 radical (unpaired) electrons. The number of nitrogens with zero attached hydrogens (tertiary/aromatic N) is 5. The van der Waals surface area contributed by atoms with E-state index < -0.39 is 11.5 Å². The van der Waals surface area contributed by atoms with Gasteiger partial charge in [-0.05, 0) is 56.8 Å². The third-order valence-electron chi connectivity index (χ3n) is 9.01. The molecule has 3 atom stereocenters. The van der Waals surface area contributed by atoms with Crippen LogP contribution in [-0.4, -0.2) is 75.9 Å². The van der Waals surface area contributed by atoms with Crippen molar-refractivity contribution in [3.63, 3.8) is 0 Å². The fourth-order valence-corrected chi connectivity index (χ4v) is 7.35. The van der Waals surface area contributed by atoms with Gasteiger partial charge < -0.3 is 15.1 Å². The second kappa shape index (κ2) is 8.66. The van der Waals surface area contributed by atoms with Crippen molar-refractivity contribution in [1.29, 1.82) is 0 Å². The lowest BCUT2D eigenvalue weighted by Gasteiger charge is -2.37. The van der Waals surface area contributed by atoms with Gasteiger partial charge in [-0.25, -0.2) is 4.52 Å². The Labute approximate surface area is 221 Å². The fraction of sp³-hybridized carbons (Fsp3) is 0.448. The Morgan fingerprint density at radius 2 is 1.92 bits per heavy atom. The molecule has 2 aromatic heterocycles. The van der Waals surface area contributed by atoms with Gasteiger partial charge in [-0.3, -0.25) is 19.3 Å². The molecule has 9 heteroatoms. The molecule has 4 aliphatic rings. The number of hydrogen-bond donors (Lipinski definition) is 1. The first-order valence-electron chi connectivity index (χ1n) is 13.7. The second-order valence-electron chi connectivity index (χ2n) is 11.0. The zero-order valence-electron chi connectivity index (χ0n) is 21.6. The molecule has 196 valence electrons. The highest BCUT2D eigenvalue weighted by molar-refractivity contribution is 6.11. The van der Waals surface area contributed by atoms with E-state index in [4.69, 9.17) is 0 Å². The molecule has 0 aliphatic carbocycles. The number of amides is 3. The van der Waals surface area contributed by atoms with Crippen molar-refractivity contribution in [2.24, 2.45) is 5.92 Å². The van der Waals surface area contributed by atoms with Crippen molar-refractivity contribution in [2.75, 3.05) is 37.6 Å². The van der Waals surface area contributed by atoms with Gasteiger partial charge in [0.2, 0.25) is 5.91 Å². The third kappa shape index (κ3) is 3.20. The van der Waals surface area contributed by atoms with Crippen molar-refractivity contribution < 1.29 is 14.4 Å². The number of carbonyl (C=O) groups is 3. The minimum atomic E-state index is -0.962. The van der Waals surface area contributed by atoms with Crippen LogP contribution in [0.15, 0.2) is 48.8 Å². The van der Waals surface area contributed by atoms with Crippen LogP contribution in [0.2, 0.25) is 0 Å². The van der Waals surface area contributed by atoms with E-state index >= 15 is 0 Å². The van der Waals surface area contributed by atoms with Crippen molar-refractivity contribution in [3.05, 3.63) is 65.5 Å². The molecule has 4 aliphatic heterocycles. The number of benzene rings is 1. The molecular weight excluding hydrogens is 480 g/mol. The van der Waals surface area contributed by atoms with E-state index in [9.17, 15) is 14.4 Å². The predicted molar refractivity (Wildman–Crippen MR) is 142 cm³/mol. The summed E-state index contributed by atoms with van der Waals surface area (Å²) in [7, 11) is 0. The first-order valence-corrected chi connectivity index (χ1v) is 13.7. The maximum Gasteiger partial charge on any atom is 0.257 e. The number of rotatable bonds is 1. The summed E-state index contributed by atoms with van der Waals surface area (Å²) in [4.78, 5) is 47.9. The van der Waals surface area contributed by atoms with Crippen LogP contribution in [0.3, 0.4) is 0 Å². The molecule has 2 bridgehead atoms. The highest BCUT2D eigenvalue weighted by Crippen LogP contribution is 2.57. The number of anilines is 1. The highest BCUT2D eigenvalue weighted by atomic mass is 16.2. The van der Waals surface area contributed by atoms with Gasteiger partial charge in [0.1, 0.15) is 5.54 Å². The van der Waals surface area contributed by atoms with Gasteiger partial charge in [-0.15, -0.1) is 0 Å². The van der Waals surface area contributed by atoms with Crippen LogP contribution in [-0.2, 0) is 15.1 Å². The Bertz CT molecular complexity index is 1470. The molecule has 6 heterocycles. The van der Waals surface area contributed by atoms with Crippen LogP contribution in [0.25, 0.3) is 5.52 Å². The largest absolute Gasteiger partial charge is 0.356 e. The lowest BCUT2D eigenvalue weighted by atomic mass is 9.78. The van der Waals surface area contributed by atoms with Crippen molar-refractivity contribution in [3.8, 4) is 0 Å². The maximum absolute atomic E-state index is 14.5. The van der Waals surface area contributed by atoms with Crippen molar-refractivity contribution in [2.45, 2.75) is 44.2 Å². The van der Waals surface area contributed by atoms with Crippen LogP contribution in [0.4, 0.5) is 5.69 Å². The highest BCUT2D eigenvalue weighted by Gasteiger charge is 2.67. The lowest BCUT2D eigenvalue weighted by molar-refractivity contribution is -0.139. The SMILES string of the molecule is Cc1ccc2c(C(=O)N3CCCNC(=O)[C@@H]4C[C@@H]5CCCN5[C@@]45C(=O)N(CC3)c3ccccc35)cnn2c1. The number of carbonyl (C=O) groups excluding carboxylic acids is 3. The quantitative estimate of drug-likeness (QED) is 0.541. The Morgan fingerprint density at radius 3 is 2.82 bits per heavy atom. The molecule has 1 N–H and O–H groups in total. The summed E-state index contributed by atoms with van der Waals surface area (Å²) in [6, 6.07) is 12.1. The summed E-state index contributed by atoms with van der Waals surface area (Å²) in [5, 5.41) is 7.53. The molecule has 3 fully saturated rings. The predicted octanol–water partition coefficient (Wildman–Crippen LogP) is 2.33. The van der Waals surface area contributed by atoms with Gasteiger partial charge >= 0.3 is 0 Å². The lowest BCUT2D eigenvalue weighted by Crippen LogP contribution is -2.57. The molecule has 3 aromatic rings. The molecule has 7 rings (SSSR count). The summed E-state index contributed by atoms with van der Waals surface area (Å²) >= 11 is 0. The Kier molecular flexibility index (Phi) is 5.33. The van der Waals surface area contributed by atoms with Gasteiger partial charge in [-0.2, -0.15) is 5.10 Å². The molecule has 0 saturated carbocycles. The van der Waals surface area contributed by atoms with E-state index in [1.54, 1.807) is 15.6 Å². The second-order valence-corrected chi connectivity index (χ2v) is 11.0. The van der Waals surface area contributed by atoms with Crippen LogP contribution in [0, 0.1) is 12.8 Å². The van der Waals surface area contributed by atoms with E-state index in [-0.39, 0.29) is 23.8 Å². The molecule has 1 aromatic carbocycles. The normalized spacial score (nSPS) is 27.5. The number of aromatic nitrogens is 2. The van der Waals surface area contributed by atoms with E-state index in [0.29, 0.717) is 44.6 Å². The first-order chi connectivity index (χ1) is 18.5. The average Bonchev–Trinajstić information content (AvgIpc) is 3.66. The number of pyridine rings is 1. The summed E-state index contributed by atoms with van der Waals surface area (Å²) < 4.78 is 1.73. The van der Waals surface area contributed by atoms with Gasteiger partial charge in [0.15, 0.2) is 0 Å². The monoisotopic (exact) mass is 512 g/mol. The van der Waals surface area contributed by atoms with Crippen molar-refractivity contribution in [1.82, 2.24) is 24.7 Å². The molecule has 3 amide bonds. The summed E-state index contributed by atoms with van der Waals surface area (Å²) in [6.45, 7) is 4.55. The topological polar surface area (TPSA) is 90.3 Å². The minimum absolute atomic E-state index is 0.0253. The summed E-state index contributed by atoms with van der Waals surface area (Å²) in [6.07, 6.45) is 6.93. The van der Waals surface area contributed by atoms with Gasteiger partial charge in [0.25, 0.3) is 11.8 Å². The summed E-state index contributed by atoms with van der Waals surface area (Å²) in [5.74, 6) is -0.602. The van der Waals surface area contributed by atoms with Crippen LogP contribution >= 0.6 is 0 Å². The zero-order chi connectivity index (χ0) is 26.0. The number of hydrogen-bond acceptors (Lipinski definition) is 5. The molecule has 38 heavy (non-hydrogen) atoms. The molecular formula is C29H32N6O3. The Hall–Kier alpha value is -3.72. The van der Waals surface area contributed by atoms with Gasteiger partial charge in [-0.1, -0.05) is 24.3 Å². The number of aryl methyl sites for hydroxylation is 1. The van der Waals surface area contributed by atoms with Crippen molar-refractivity contribution >= 4 is 28.9 Å². The van der Waals surface area contributed by atoms with Crippen LogP contribution in [0.5, 0.6) is 0 Å². The van der Waals surface area contributed by atoms with Crippen LogP contribution in [0.1, 0.15) is 47.2 Å². The molecule has 0 unspecified atom stereocenters. The molecule has 3 saturated heterocycles. The third-order valence-corrected chi connectivity index (χ3v) is 9.01. The zero-order valence-corrected chi connectivity index (χ0v) is 21.6. The Morgan fingerprint density at radius 1 is 1.05 bits per heavy atom. The van der Waals surface area contributed by atoms with Crippen LogP contribution < -0.4 is 10.2 Å². The van der Waals surface area contributed by atoms with Gasteiger partial charge in [0.05, 0.1) is 23.2 Å². The maximum atomic E-state index is 14.5. The summed E-state index contributed by atoms with van der Waals surface area (Å²) in [5.41, 5.74) is 3.20. The van der Waals surface area contributed by atoms with E-state index in [0.717, 1.165) is 41.7 Å². The standard InChI is InChI=1S/C29H32N6O3/c1-19-9-10-24-21(17-31-35(24)18-19)27(37)32-12-5-11-30-26(36)23-16-20-6-4-13-34(20)29(23)22-7-2-3-8-25(22)33(15-14-32)28(29)38/h2-3,7-10,17-18,20,23H,4-6,11-16H2,1H3,(H,30,36)/t20-,23-,29+/m0/s1.